The summed E-state index contributed by atoms with van der Waals surface area (Å²) >= 11 is 0. The Morgan fingerprint density at radius 2 is 1.56 bits per heavy atom. The standard InChI is InChI=1S/C33H37N3O7/c1-3-36(4-2)27-11-9-25(32(21-27)42-20-19-41-18-17-40-16-15-39-14-13-33(37)38)10-12-28-22-30(26(23-34)24-35)29-7-5-6-8-31(29)43-28/h5-12,21-22H,3-4,13-20H2,1-2H3,(H,37,38)/b12-10+. The van der Waals surface area contributed by atoms with Gasteiger partial charge in [0.25, 0.3) is 0 Å². The number of rotatable bonds is 18. The fourth-order valence-corrected chi connectivity index (χ4v) is 4.24. The normalized spacial score (nSPS) is 12.1. The monoisotopic (exact) mass is 587 g/mol. The van der Waals surface area contributed by atoms with Gasteiger partial charge in [0, 0.05) is 41.5 Å². The highest BCUT2D eigenvalue weighted by Gasteiger charge is 2.19. The number of allylic oxidation sites excluding steroid dienone is 4. The zero-order valence-corrected chi connectivity index (χ0v) is 24.6. The number of hydrogen-bond acceptors (Lipinski definition) is 9. The minimum absolute atomic E-state index is 0.0173. The number of benzene rings is 2. The van der Waals surface area contributed by atoms with Crippen LogP contribution in [0, 0.1) is 22.7 Å². The van der Waals surface area contributed by atoms with E-state index in [1.54, 1.807) is 18.2 Å². The molecule has 0 fully saturated rings. The molecule has 1 aliphatic heterocycles. The van der Waals surface area contributed by atoms with Gasteiger partial charge in [-0.25, -0.2) is 0 Å². The molecular formula is C33H37N3O7. The second-order valence-corrected chi connectivity index (χ2v) is 9.21. The quantitative estimate of drug-likeness (QED) is 0.183. The van der Waals surface area contributed by atoms with Gasteiger partial charge in [-0.2, -0.15) is 10.5 Å². The van der Waals surface area contributed by atoms with Crippen LogP contribution in [0.25, 0.3) is 11.6 Å². The van der Waals surface area contributed by atoms with Crippen LogP contribution in [0.4, 0.5) is 5.69 Å². The zero-order valence-electron chi connectivity index (χ0n) is 24.6. The van der Waals surface area contributed by atoms with Gasteiger partial charge in [0.1, 0.15) is 41.6 Å². The lowest BCUT2D eigenvalue weighted by atomic mass is 9.97. The van der Waals surface area contributed by atoms with Gasteiger partial charge in [-0.1, -0.05) is 18.2 Å². The molecular weight excluding hydrogens is 550 g/mol. The Morgan fingerprint density at radius 3 is 2.21 bits per heavy atom. The number of fused-ring (bicyclic) bond motifs is 1. The molecule has 0 aromatic heterocycles. The van der Waals surface area contributed by atoms with Crippen molar-refractivity contribution in [3.8, 4) is 23.6 Å². The number of ether oxygens (including phenoxy) is 5. The summed E-state index contributed by atoms with van der Waals surface area (Å²) in [5.41, 5.74) is 3.10. The molecule has 2 aromatic carbocycles. The molecule has 2 aromatic rings. The van der Waals surface area contributed by atoms with Gasteiger partial charge in [-0.15, -0.1) is 0 Å². The van der Waals surface area contributed by atoms with E-state index in [1.165, 1.54) is 0 Å². The maximum Gasteiger partial charge on any atom is 0.305 e. The predicted octanol–water partition coefficient (Wildman–Crippen LogP) is 5.23. The van der Waals surface area contributed by atoms with E-state index >= 15 is 0 Å². The minimum Gasteiger partial charge on any atom is -0.490 e. The largest absolute Gasteiger partial charge is 0.490 e. The van der Waals surface area contributed by atoms with Crippen molar-refractivity contribution in [3.63, 3.8) is 0 Å². The fraction of sp³-hybridized carbons (Fsp3) is 0.364. The first-order valence-corrected chi connectivity index (χ1v) is 14.2. The van der Waals surface area contributed by atoms with Crippen molar-refractivity contribution in [2.75, 3.05) is 64.2 Å². The molecule has 0 radical (unpaired) electrons. The van der Waals surface area contributed by atoms with Crippen molar-refractivity contribution in [1.82, 2.24) is 0 Å². The van der Waals surface area contributed by atoms with Gasteiger partial charge < -0.3 is 33.7 Å². The van der Waals surface area contributed by atoms with Crippen molar-refractivity contribution in [3.05, 3.63) is 77.1 Å². The first-order valence-electron chi connectivity index (χ1n) is 14.2. The smallest absolute Gasteiger partial charge is 0.305 e. The molecule has 0 bridgehead atoms. The first-order chi connectivity index (χ1) is 21.0. The molecule has 0 saturated carbocycles. The molecule has 0 amide bonds. The second-order valence-electron chi connectivity index (χ2n) is 9.21. The lowest BCUT2D eigenvalue weighted by Gasteiger charge is -2.22. The maximum absolute atomic E-state index is 10.5. The van der Waals surface area contributed by atoms with Crippen molar-refractivity contribution >= 4 is 23.3 Å². The Balaban J connectivity index is 1.63. The Kier molecular flexibility index (Phi) is 13.8. The van der Waals surface area contributed by atoms with E-state index in [1.807, 2.05) is 54.6 Å². The molecule has 0 saturated heterocycles. The van der Waals surface area contributed by atoms with Crippen LogP contribution < -0.4 is 14.4 Å². The molecule has 43 heavy (non-hydrogen) atoms. The van der Waals surface area contributed by atoms with Crippen LogP contribution >= 0.6 is 0 Å². The van der Waals surface area contributed by atoms with Crippen LogP contribution in [-0.4, -0.2) is 70.4 Å². The Labute approximate surface area is 252 Å². The highest BCUT2D eigenvalue weighted by atomic mass is 16.6. The summed E-state index contributed by atoms with van der Waals surface area (Å²) in [5, 5.41) is 27.6. The third-order valence-corrected chi connectivity index (χ3v) is 6.43. The van der Waals surface area contributed by atoms with E-state index in [4.69, 9.17) is 28.8 Å². The molecule has 1 heterocycles. The maximum atomic E-state index is 10.5. The minimum atomic E-state index is -0.889. The van der Waals surface area contributed by atoms with Crippen LogP contribution in [0.1, 0.15) is 31.4 Å². The van der Waals surface area contributed by atoms with Gasteiger partial charge in [0.05, 0.1) is 46.1 Å². The van der Waals surface area contributed by atoms with Crippen molar-refractivity contribution < 1.29 is 33.6 Å². The topological polar surface area (TPSA) is 134 Å². The highest BCUT2D eigenvalue weighted by Crippen LogP contribution is 2.36. The van der Waals surface area contributed by atoms with Crippen LogP contribution in [0.3, 0.4) is 0 Å². The number of aliphatic carboxylic acids is 1. The van der Waals surface area contributed by atoms with Crippen molar-refractivity contribution in [2.24, 2.45) is 0 Å². The second kappa shape index (κ2) is 18.0. The van der Waals surface area contributed by atoms with Gasteiger partial charge in [-0.3, -0.25) is 4.79 Å². The summed E-state index contributed by atoms with van der Waals surface area (Å²) in [6.07, 6.45) is 5.34. The number of carbonyl (C=O) groups is 1. The number of nitrogens with zero attached hydrogens (tertiary/aromatic N) is 3. The lowest BCUT2D eigenvalue weighted by Crippen LogP contribution is -2.21. The lowest BCUT2D eigenvalue weighted by molar-refractivity contribution is -0.138. The number of hydrogen-bond donors (Lipinski definition) is 1. The van der Waals surface area contributed by atoms with E-state index in [9.17, 15) is 15.3 Å². The molecule has 0 spiro atoms. The number of carboxylic acids is 1. The summed E-state index contributed by atoms with van der Waals surface area (Å²) in [4.78, 5) is 12.7. The molecule has 226 valence electrons. The van der Waals surface area contributed by atoms with Gasteiger partial charge in [0.2, 0.25) is 0 Å². The van der Waals surface area contributed by atoms with E-state index in [2.05, 4.69) is 18.7 Å². The Bertz CT molecular complexity index is 1380. The van der Waals surface area contributed by atoms with Crippen LogP contribution in [0.15, 0.2) is 65.9 Å². The molecule has 0 atom stereocenters. The summed E-state index contributed by atoms with van der Waals surface area (Å²) < 4.78 is 28.4. The van der Waals surface area contributed by atoms with Gasteiger partial charge in [-0.05, 0) is 50.3 Å². The van der Waals surface area contributed by atoms with Crippen LogP contribution in [-0.2, 0) is 19.0 Å². The number of carboxylic acid groups (broad SMARTS) is 1. The van der Waals surface area contributed by atoms with E-state index in [0.717, 1.165) is 24.3 Å². The SMILES string of the molecule is CCN(CC)c1ccc(/C=C/C2=CC(=C(C#N)C#N)c3ccccc3O2)c(OCCOCCOCCOCCC(=O)O)c1. The summed E-state index contributed by atoms with van der Waals surface area (Å²) in [6.45, 7) is 8.24. The highest BCUT2D eigenvalue weighted by molar-refractivity contribution is 5.87. The average Bonchev–Trinajstić information content (AvgIpc) is 3.02. The van der Waals surface area contributed by atoms with Gasteiger partial charge >= 0.3 is 5.97 Å². The molecule has 0 aliphatic carbocycles. The Hall–Kier alpha value is -4.61. The van der Waals surface area contributed by atoms with E-state index in [-0.39, 0.29) is 18.6 Å². The molecule has 10 heteroatoms. The Morgan fingerprint density at radius 1 is 0.907 bits per heavy atom. The summed E-state index contributed by atoms with van der Waals surface area (Å²) in [7, 11) is 0. The van der Waals surface area contributed by atoms with Crippen LogP contribution in [0.5, 0.6) is 11.5 Å². The summed E-state index contributed by atoms with van der Waals surface area (Å²) in [6, 6.07) is 17.3. The predicted molar refractivity (Wildman–Crippen MR) is 163 cm³/mol. The van der Waals surface area contributed by atoms with E-state index < -0.39 is 5.97 Å². The van der Waals surface area contributed by atoms with Gasteiger partial charge in [0.15, 0.2) is 0 Å². The average molecular weight is 588 g/mol. The third-order valence-electron chi connectivity index (χ3n) is 6.43. The number of para-hydroxylation sites is 1. The number of nitriles is 2. The number of anilines is 1. The molecule has 0 unspecified atom stereocenters. The summed E-state index contributed by atoms with van der Waals surface area (Å²) in [5.74, 6) is 0.856. The third kappa shape index (κ3) is 10.3. The van der Waals surface area contributed by atoms with Crippen molar-refractivity contribution in [2.45, 2.75) is 20.3 Å². The molecule has 1 N–H and O–H groups in total. The molecule has 10 nitrogen and oxygen atoms in total. The van der Waals surface area contributed by atoms with Crippen LogP contribution in [0.2, 0.25) is 0 Å². The molecule has 1 aliphatic rings. The van der Waals surface area contributed by atoms with E-state index in [0.29, 0.717) is 68.0 Å². The first kappa shape index (κ1) is 32.9. The fourth-order valence-electron chi connectivity index (χ4n) is 4.24. The zero-order chi connectivity index (χ0) is 30.9. The van der Waals surface area contributed by atoms with Crippen molar-refractivity contribution in [1.29, 1.82) is 10.5 Å². The molecule has 3 rings (SSSR count).